The number of amides is 2. The summed E-state index contributed by atoms with van der Waals surface area (Å²) < 4.78 is 57.7. The first-order valence-electron chi connectivity index (χ1n) is 15.9. The Morgan fingerprint density at radius 3 is 1.96 bits per heavy atom. The molecule has 0 bridgehead atoms. The number of hydrogen-bond donors (Lipinski definition) is 3. The van der Waals surface area contributed by atoms with E-state index < -0.39 is 54.4 Å². The van der Waals surface area contributed by atoms with Crippen LogP contribution in [0.25, 0.3) is 0 Å². The molecule has 1 unspecified atom stereocenters. The van der Waals surface area contributed by atoms with Gasteiger partial charge >= 0.3 is 65.2 Å². The molecule has 4 N–H and O–H groups in total. The number of anilines is 1. The van der Waals surface area contributed by atoms with Gasteiger partial charge in [-0.1, -0.05) is 80.9 Å². The van der Waals surface area contributed by atoms with Gasteiger partial charge in [-0.3, -0.25) is 4.79 Å². The van der Waals surface area contributed by atoms with E-state index in [-0.39, 0.29) is 102 Å². The van der Waals surface area contributed by atoms with Crippen molar-refractivity contribution >= 4 is 35.5 Å². The molecule has 0 aliphatic rings. The number of hydrogen-bond acceptors (Lipinski definition) is 10. The largest absolute Gasteiger partial charge is 1.00 e. The molecule has 3 aromatic rings. The molecule has 2 amide bonds. The molecule has 50 heavy (non-hydrogen) atoms. The molecule has 3 aromatic carbocycles. The second-order valence-electron chi connectivity index (χ2n) is 11.5. The summed E-state index contributed by atoms with van der Waals surface area (Å²) in [7, 11) is -8.75. The summed E-state index contributed by atoms with van der Waals surface area (Å²) in [4.78, 5) is 48.9. The first-order chi connectivity index (χ1) is 23.1. The minimum atomic E-state index is -5.65. The standard InChI is InChI=1S/C33H45N4O9PS.2Na/c1-24(2)22-37(48(43,44)29-19-17-27(34)18-20-29)28(23-46-47(40,41)42)16-10-11-21-35-32(38)31(36-33(39)45-3)30(25-12-6-4-7-13-25)26-14-8-5-9-15-26;;/h4-9,12-15,17-20,24,28,30-31H,10-11,16,21-23,34H2,1-3H3,(H,35,38)(H,36,39)(H2,40,41,42);;/q;2*+1/p-2/t28-,31-;;/m0../s1/i23D;;/t23?,28-,31-;;. The molecule has 0 fully saturated rings. The fourth-order valence-corrected chi connectivity index (χ4v) is 7.20. The average molecular weight is 750 g/mol. The second kappa shape index (κ2) is 22.3. The second-order valence-corrected chi connectivity index (χ2v) is 14.5. The van der Waals surface area contributed by atoms with Crippen molar-refractivity contribution in [3.8, 4) is 0 Å². The van der Waals surface area contributed by atoms with E-state index in [9.17, 15) is 32.4 Å². The van der Waals surface area contributed by atoms with Gasteiger partial charge in [0, 0.05) is 30.7 Å². The summed E-state index contributed by atoms with van der Waals surface area (Å²) in [5, 5.41) is 5.47. The molecule has 3 rings (SSSR count). The number of carbonyl (C=O) groups is 2. The Balaban J connectivity index is 0.00000650. The molecular weight excluding hydrogens is 705 g/mol. The van der Waals surface area contributed by atoms with Gasteiger partial charge in [-0.2, -0.15) is 4.31 Å². The number of unbranched alkanes of at least 4 members (excludes halogenated alkanes) is 1. The van der Waals surface area contributed by atoms with Crippen LogP contribution >= 0.6 is 7.82 Å². The maximum Gasteiger partial charge on any atom is 1.00 e. The average Bonchev–Trinajstić information content (AvgIpc) is 3.05. The van der Waals surface area contributed by atoms with Crippen molar-refractivity contribution in [1.82, 2.24) is 14.9 Å². The van der Waals surface area contributed by atoms with E-state index in [4.69, 9.17) is 11.8 Å². The fraction of sp³-hybridized carbons (Fsp3) is 0.394. The molecule has 0 aliphatic heterocycles. The van der Waals surface area contributed by atoms with Crippen molar-refractivity contribution in [2.45, 2.75) is 56.0 Å². The van der Waals surface area contributed by atoms with Crippen molar-refractivity contribution in [2.24, 2.45) is 5.92 Å². The molecule has 0 aliphatic carbocycles. The van der Waals surface area contributed by atoms with E-state index >= 15 is 0 Å². The third kappa shape index (κ3) is 14.7. The predicted octanol–water partition coefficient (Wildman–Crippen LogP) is -3.02. The maximum atomic E-state index is 13.8. The number of nitrogens with zero attached hydrogens (tertiary/aromatic N) is 1. The first-order valence-corrected chi connectivity index (χ1v) is 18.3. The van der Waals surface area contributed by atoms with Crippen LogP contribution in [0.15, 0.2) is 89.8 Å². The Morgan fingerprint density at radius 2 is 1.48 bits per heavy atom. The number of phosphoric acid groups is 1. The number of nitrogen functional groups attached to an aromatic ring is 1. The molecule has 0 spiro atoms. The zero-order valence-corrected chi connectivity index (χ0v) is 34.8. The van der Waals surface area contributed by atoms with Crippen LogP contribution in [0.5, 0.6) is 0 Å². The van der Waals surface area contributed by atoms with Crippen LogP contribution in [0.4, 0.5) is 10.5 Å². The van der Waals surface area contributed by atoms with Gasteiger partial charge in [-0.05, 0) is 54.2 Å². The van der Waals surface area contributed by atoms with E-state index in [0.717, 1.165) is 15.4 Å². The molecule has 0 saturated carbocycles. The number of ether oxygens (including phenoxy) is 1. The van der Waals surface area contributed by atoms with E-state index in [1.54, 1.807) is 13.8 Å². The molecule has 0 aromatic heterocycles. The summed E-state index contributed by atoms with van der Waals surface area (Å²) in [6.07, 6.45) is -0.410. The van der Waals surface area contributed by atoms with E-state index in [1.165, 1.54) is 31.4 Å². The number of nitrogens with two attached hydrogens (primary N) is 1. The number of alkyl carbamates (subject to hydrolysis) is 1. The summed E-state index contributed by atoms with van der Waals surface area (Å²) in [6.45, 7) is 1.43. The van der Waals surface area contributed by atoms with Crippen molar-refractivity contribution in [1.29, 1.82) is 0 Å². The SMILES string of the molecule is [2H]C(OP(=O)([O-])[O-])[C@H](CCCCNC(=O)[C@@H](NC(=O)OC)C(c1ccccc1)c1ccccc1)N(CC(C)C)S(=O)(=O)c1ccc(N)cc1.[Na+].[Na+]. The summed E-state index contributed by atoms with van der Waals surface area (Å²) in [5.41, 5.74) is 7.61. The van der Waals surface area contributed by atoms with E-state index in [0.29, 0.717) is 5.69 Å². The van der Waals surface area contributed by atoms with Gasteiger partial charge in [-0.15, -0.1) is 0 Å². The smallest absolute Gasteiger partial charge is 0.790 e. The Bertz CT molecular complexity index is 1620. The van der Waals surface area contributed by atoms with Crippen LogP contribution in [0.1, 0.15) is 51.5 Å². The Hall–Kier alpha value is -1.78. The Morgan fingerprint density at radius 1 is 0.940 bits per heavy atom. The van der Waals surface area contributed by atoms with Crippen LogP contribution in [0.3, 0.4) is 0 Å². The molecule has 3 atom stereocenters. The molecule has 0 saturated heterocycles. The molecular formula is C33H43N4Na2O9PS. The number of benzene rings is 3. The van der Waals surface area contributed by atoms with Gasteiger partial charge in [0.25, 0.3) is 0 Å². The van der Waals surface area contributed by atoms with Gasteiger partial charge in [0.15, 0.2) is 0 Å². The zero-order valence-electron chi connectivity index (χ0n) is 30.1. The van der Waals surface area contributed by atoms with Crippen molar-refractivity contribution in [2.75, 3.05) is 32.5 Å². The number of rotatable bonds is 18. The molecule has 0 heterocycles. The van der Waals surface area contributed by atoms with Gasteiger partial charge in [0.2, 0.25) is 15.9 Å². The fourth-order valence-electron chi connectivity index (χ4n) is 5.16. The molecule has 13 nitrogen and oxygen atoms in total. The quantitative estimate of drug-likeness (QED) is 0.0520. The maximum absolute atomic E-state index is 13.8. The van der Waals surface area contributed by atoms with E-state index in [1.807, 2.05) is 60.7 Å². The predicted molar refractivity (Wildman–Crippen MR) is 178 cm³/mol. The normalized spacial score (nSPS) is 13.7. The minimum Gasteiger partial charge on any atom is -0.790 e. The van der Waals surface area contributed by atoms with Gasteiger partial charge in [0.1, 0.15) is 6.04 Å². The van der Waals surface area contributed by atoms with E-state index in [2.05, 4.69) is 15.2 Å². The molecule has 262 valence electrons. The number of nitrogens with one attached hydrogen (secondary N) is 2. The van der Waals surface area contributed by atoms with Crippen molar-refractivity contribution in [3.63, 3.8) is 0 Å². The number of methoxy groups -OCH3 is 1. The minimum absolute atomic E-state index is 0. The van der Waals surface area contributed by atoms with Crippen molar-refractivity contribution < 1.29 is 102 Å². The third-order valence-corrected chi connectivity index (χ3v) is 9.65. The number of phosphoric ester groups is 1. The first kappa shape index (κ1) is 44.4. The van der Waals surface area contributed by atoms with Gasteiger partial charge < -0.3 is 40.0 Å². The number of sulfonamides is 1. The van der Waals surface area contributed by atoms with Crippen LogP contribution < -0.4 is 85.3 Å². The summed E-state index contributed by atoms with van der Waals surface area (Å²) in [5.74, 6) is -1.33. The molecule has 17 heteroatoms. The van der Waals surface area contributed by atoms with Crippen LogP contribution in [-0.2, 0) is 28.6 Å². The monoisotopic (exact) mass is 749 g/mol. The number of carbonyl (C=O) groups excluding carboxylic acids is 2. The topological polar surface area (TPSA) is 203 Å². The third-order valence-electron chi connectivity index (χ3n) is 7.37. The Kier molecular flexibility index (Phi) is 19.8. The van der Waals surface area contributed by atoms with Gasteiger partial charge in [0.05, 0.1) is 27.8 Å². The van der Waals surface area contributed by atoms with Crippen LogP contribution in [-0.4, -0.2) is 63.6 Å². The molecule has 0 radical (unpaired) electrons. The zero-order chi connectivity index (χ0) is 36.2. The summed E-state index contributed by atoms with van der Waals surface area (Å²) >= 11 is 0. The summed E-state index contributed by atoms with van der Waals surface area (Å²) in [6, 6.07) is 21.3. The Labute approximate surface area is 340 Å². The van der Waals surface area contributed by atoms with Gasteiger partial charge in [-0.25, -0.2) is 13.2 Å². The van der Waals surface area contributed by atoms with Crippen LogP contribution in [0.2, 0.25) is 0 Å². The van der Waals surface area contributed by atoms with Crippen LogP contribution in [0, 0.1) is 5.92 Å². The van der Waals surface area contributed by atoms with Crippen molar-refractivity contribution in [3.05, 3.63) is 96.1 Å².